The molecule has 9 nitrogen and oxygen atoms in total. The Morgan fingerprint density at radius 1 is 1.11 bits per heavy atom. The van der Waals surface area contributed by atoms with E-state index in [0.29, 0.717) is 11.5 Å². The Labute approximate surface area is 208 Å². The number of anilines is 3. The zero-order chi connectivity index (χ0) is 25.8. The minimum absolute atomic E-state index is 0.220. The van der Waals surface area contributed by atoms with Crippen molar-refractivity contribution in [3.05, 3.63) is 34.7 Å². The van der Waals surface area contributed by atoms with Crippen LogP contribution in [0.2, 0.25) is 5.02 Å². The number of benzene rings is 1. The van der Waals surface area contributed by atoms with Gasteiger partial charge in [-0.25, -0.2) is 4.98 Å². The van der Waals surface area contributed by atoms with Crippen LogP contribution in [0.25, 0.3) is 10.2 Å². The highest BCUT2D eigenvalue weighted by Gasteiger charge is 2.44. The quantitative estimate of drug-likeness (QED) is 0.308. The van der Waals surface area contributed by atoms with E-state index in [9.17, 15) is 18.3 Å². The lowest BCUT2D eigenvalue weighted by molar-refractivity contribution is -0.0510. The minimum atomic E-state index is -5.84. The van der Waals surface area contributed by atoms with Crippen molar-refractivity contribution in [2.75, 3.05) is 47.8 Å². The monoisotopic (exact) mass is 553 g/mol. The molecular formula is C20H23ClF3N5O4S2. The molecule has 3 aromatic rings. The van der Waals surface area contributed by atoms with E-state index in [1.54, 1.807) is 5.38 Å². The van der Waals surface area contributed by atoms with Crippen LogP contribution in [0.1, 0.15) is 13.3 Å². The van der Waals surface area contributed by atoms with E-state index >= 15 is 0 Å². The second-order valence-electron chi connectivity index (χ2n) is 7.47. The third-order valence-electron chi connectivity index (χ3n) is 4.97. The maximum absolute atomic E-state index is 10.7. The summed E-state index contributed by atoms with van der Waals surface area (Å²) in [5.74, 6) is 1.70. The van der Waals surface area contributed by atoms with Gasteiger partial charge in [0.2, 0.25) is 5.95 Å². The predicted molar refractivity (Wildman–Crippen MR) is 131 cm³/mol. The van der Waals surface area contributed by atoms with Crippen molar-refractivity contribution in [2.45, 2.75) is 18.9 Å². The van der Waals surface area contributed by atoms with Gasteiger partial charge in [0.1, 0.15) is 11.3 Å². The lowest BCUT2D eigenvalue weighted by Crippen LogP contribution is -2.47. The van der Waals surface area contributed by atoms with E-state index in [0.717, 1.165) is 54.7 Å². The van der Waals surface area contributed by atoms with Gasteiger partial charge in [0.05, 0.1) is 4.70 Å². The number of piperazine rings is 1. The van der Waals surface area contributed by atoms with Crippen molar-refractivity contribution in [1.82, 2.24) is 9.97 Å². The fourth-order valence-corrected chi connectivity index (χ4v) is 4.17. The molecule has 3 heterocycles. The highest BCUT2D eigenvalue weighted by molar-refractivity contribution is 7.86. The molecule has 0 bridgehead atoms. The average molecular weight is 554 g/mol. The van der Waals surface area contributed by atoms with Crippen molar-refractivity contribution < 1.29 is 31.2 Å². The van der Waals surface area contributed by atoms with E-state index in [1.807, 2.05) is 12.1 Å². The zero-order valence-electron chi connectivity index (χ0n) is 18.5. The fraction of sp³-hybridized carbons (Fsp3) is 0.400. The zero-order valence-corrected chi connectivity index (χ0v) is 20.8. The van der Waals surface area contributed by atoms with Crippen LogP contribution in [0.4, 0.5) is 30.6 Å². The number of alkyl halides is 3. The molecule has 192 valence electrons. The van der Waals surface area contributed by atoms with Gasteiger partial charge in [-0.1, -0.05) is 18.5 Å². The number of nitrogens with one attached hydrogen (secondary N) is 1. The first-order valence-corrected chi connectivity index (χ1v) is 13.1. The normalized spacial score (nSPS) is 14.6. The van der Waals surface area contributed by atoms with Gasteiger partial charge in [0.15, 0.2) is 5.75 Å². The second kappa shape index (κ2) is 11.0. The van der Waals surface area contributed by atoms with Gasteiger partial charge in [-0.2, -0.15) is 26.6 Å². The van der Waals surface area contributed by atoms with Gasteiger partial charge in [0.25, 0.3) is 0 Å². The summed E-state index contributed by atoms with van der Waals surface area (Å²) in [7, 11) is -5.84. The molecular weight excluding hydrogens is 531 g/mol. The van der Waals surface area contributed by atoms with Crippen molar-refractivity contribution in [2.24, 2.45) is 0 Å². The SMILES string of the molecule is CCCNc1nc(N2CCN(c3ccc(Cl)cc3)CC2)nc2c(O)csc12.O=S(=O)(O)C(F)(F)F. The highest BCUT2D eigenvalue weighted by Crippen LogP contribution is 2.35. The second-order valence-corrected chi connectivity index (χ2v) is 10.2. The van der Waals surface area contributed by atoms with Crippen LogP contribution in [-0.4, -0.2) is 66.3 Å². The van der Waals surface area contributed by atoms with Gasteiger partial charge in [-0.15, -0.1) is 11.3 Å². The first-order valence-electron chi connectivity index (χ1n) is 10.4. The summed E-state index contributed by atoms with van der Waals surface area (Å²) >= 11 is 7.46. The number of hydrogen-bond acceptors (Lipinski definition) is 9. The molecule has 2 aromatic heterocycles. The molecule has 0 unspecified atom stereocenters. The van der Waals surface area contributed by atoms with Crippen LogP contribution < -0.4 is 15.1 Å². The lowest BCUT2D eigenvalue weighted by atomic mass is 10.2. The van der Waals surface area contributed by atoms with Crippen LogP contribution in [0, 0.1) is 0 Å². The maximum atomic E-state index is 10.7. The van der Waals surface area contributed by atoms with Crippen molar-refractivity contribution in [3.8, 4) is 5.75 Å². The number of thiophene rings is 1. The molecule has 0 atom stereocenters. The summed E-state index contributed by atoms with van der Waals surface area (Å²) in [5.41, 5.74) is -3.73. The van der Waals surface area contributed by atoms with Crippen LogP contribution in [0.15, 0.2) is 29.6 Å². The largest absolute Gasteiger partial charge is 0.522 e. The standard InChI is InChI=1S/C19H22ClN5OS.CHF3O3S/c1-2-7-21-18-17-16(15(26)12-27-17)22-19(23-18)25-10-8-24(9-11-25)14-5-3-13(20)4-6-14;2-1(3,4)8(5,6)7/h3-6,12,26H,2,7-11H2,1H3,(H,21,22,23);(H,5,6,7). The number of halogens is 4. The van der Waals surface area contributed by atoms with Crippen molar-refractivity contribution in [1.29, 1.82) is 0 Å². The first-order chi connectivity index (χ1) is 16.4. The molecule has 0 saturated carbocycles. The van der Waals surface area contributed by atoms with Crippen molar-refractivity contribution >= 4 is 60.7 Å². The fourth-order valence-electron chi connectivity index (χ4n) is 3.22. The Morgan fingerprint density at radius 3 is 2.23 bits per heavy atom. The highest BCUT2D eigenvalue weighted by atomic mass is 35.5. The van der Waals surface area contributed by atoms with E-state index < -0.39 is 15.6 Å². The molecule has 15 heteroatoms. The number of hydrogen-bond donors (Lipinski definition) is 3. The number of nitrogens with zero attached hydrogens (tertiary/aromatic N) is 4. The molecule has 1 aliphatic rings. The summed E-state index contributed by atoms with van der Waals surface area (Å²) in [6, 6.07) is 7.95. The molecule has 1 aliphatic heterocycles. The molecule has 0 aliphatic carbocycles. The van der Waals surface area contributed by atoms with Gasteiger partial charge >= 0.3 is 15.6 Å². The summed E-state index contributed by atoms with van der Waals surface area (Å²) in [5, 5.41) is 16.0. The number of fused-ring (bicyclic) bond motifs is 1. The summed E-state index contributed by atoms with van der Waals surface area (Å²) in [6.45, 7) is 6.38. The Balaban J connectivity index is 0.000000371. The molecule has 0 amide bonds. The van der Waals surface area contributed by atoms with Gasteiger partial charge in [-0.3, -0.25) is 4.55 Å². The molecule has 35 heavy (non-hydrogen) atoms. The van der Waals surface area contributed by atoms with E-state index in [-0.39, 0.29) is 5.75 Å². The Bertz CT molecular complexity index is 1250. The van der Waals surface area contributed by atoms with Gasteiger partial charge in [0, 0.05) is 48.8 Å². The van der Waals surface area contributed by atoms with Gasteiger partial charge in [-0.05, 0) is 30.7 Å². The molecule has 4 rings (SSSR count). The maximum Gasteiger partial charge on any atom is 0.522 e. The lowest BCUT2D eigenvalue weighted by Gasteiger charge is -2.36. The van der Waals surface area contributed by atoms with E-state index in [2.05, 4.69) is 39.2 Å². The van der Waals surface area contributed by atoms with Crippen LogP contribution in [0.5, 0.6) is 5.75 Å². The van der Waals surface area contributed by atoms with Crippen LogP contribution in [0.3, 0.4) is 0 Å². The van der Waals surface area contributed by atoms with Crippen LogP contribution in [-0.2, 0) is 10.1 Å². The predicted octanol–water partition coefficient (Wildman–Crippen LogP) is 4.59. The Kier molecular flexibility index (Phi) is 8.51. The van der Waals surface area contributed by atoms with E-state index in [1.165, 1.54) is 17.0 Å². The first kappa shape index (κ1) is 27.0. The molecule has 0 spiro atoms. The van der Waals surface area contributed by atoms with Crippen molar-refractivity contribution in [3.63, 3.8) is 0 Å². The van der Waals surface area contributed by atoms with Gasteiger partial charge < -0.3 is 20.2 Å². The summed E-state index contributed by atoms with van der Waals surface area (Å²) in [4.78, 5) is 13.9. The minimum Gasteiger partial charge on any atom is -0.505 e. The molecule has 1 fully saturated rings. The number of rotatable bonds is 5. The molecule has 0 radical (unpaired) electrons. The third kappa shape index (κ3) is 6.78. The summed E-state index contributed by atoms with van der Waals surface area (Å²) < 4.78 is 58.4. The Hall–Kier alpha value is -2.55. The average Bonchev–Trinajstić information content (AvgIpc) is 3.18. The van der Waals surface area contributed by atoms with Crippen LogP contribution >= 0.6 is 22.9 Å². The number of aromatic hydroxyl groups is 1. The summed E-state index contributed by atoms with van der Waals surface area (Å²) in [6.07, 6.45) is 1.01. The van der Waals surface area contributed by atoms with E-state index in [4.69, 9.17) is 29.6 Å². The topological polar surface area (TPSA) is 119 Å². The number of aromatic nitrogens is 2. The molecule has 3 N–H and O–H groups in total. The third-order valence-corrected chi connectivity index (χ3v) is 6.77. The molecule has 1 saturated heterocycles. The smallest absolute Gasteiger partial charge is 0.505 e. The molecule has 1 aromatic carbocycles. The Morgan fingerprint density at radius 2 is 1.69 bits per heavy atom.